The van der Waals surface area contributed by atoms with Crippen LogP contribution in [-0.2, 0) is 4.79 Å². The Morgan fingerprint density at radius 2 is 1.88 bits per heavy atom. The van der Waals surface area contributed by atoms with Gasteiger partial charge in [-0.05, 0) is 57.1 Å². The van der Waals surface area contributed by atoms with Crippen LogP contribution in [0.25, 0.3) is 0 Å². The number of amides is 1. The van der Waals surface area contributed by atoms with Gasteiger partial charge in [-0.1, -0.05) is 12.8 Å². The van der Waals surface area contributed by atoms with Gasteiger partial charge in [0.2, 0.25) is 5.91 Å². The Morgan fingerprint density at radius 1 is 1.25 bits per heavy atom. The van der Waals surface area contributed by atoms with E-state index in [2.05, 4.69) is 10.2 Å². The lowest BCUT2D eigenvalue weighted by atomic mass is 10.2. The minimum absolute atomic E-state index is 0.0456. The molecule has 1 heterocycles. The zero-order valence-corrected chi connectivity index (χ0v) is 14.2. The highest BCUT2D eigenvalue weighted by Gasteiger charge is 2.22. The number of rotatable bonds is 7. The SMILES string of the molecule is CC(C(=O)NCC(O)COc1ccc(F)cc1)N1CCCCCC1. The van der Waals surface area contributed by atoms with Crippen molar-refractivity contribution in [2.45, 2.75) is 44.8 Å². The number of hydrogen-bond acceptors (Lipinski definition) is 4. The van der Waals surface area contributed by atoms with Gasteiger partial charge in [0.25, 0.3) is 0 Å². The average molecular weight is 338 g/mol. The molecule has 0 aromatic heterocycles. The lowest BCUT2D eigenvalue weighted by molar-refractivity contribution is -0.126. The Hall–Kier alpha value is -1.66. The van der Waals surface area contributed by atoms with Gasteiger partial charge in [0.15, 0.2) is 0 Å². The van der Waals surface area contributed by atoms with Gasteiger partial charge in [-0.25, -0.2) is 4.39 Å². The van der Waals surface area contributed by atoms with Crippen LogP contribution >= 0.6 is 0 Å². The summed E-state index contributed by atoms with van der Waals surface area (Å²) in [6.45, 7) is 3.99. The maximum Gasteiger partial charge on any atom is 0.237 e. The Morgan fingerprint density at radius 3 is 2.50 bits per heavy atom. The number of nitrogens with zero attached hydrogens (tertiary/aromatic N) is 1. The molecule has 5 nitrogen and oxygen atoms in total. The van der Waals surface area contributed by atoms with Crippen LogP contribution in [0.15, 0.2) is 24.3 Å². The summed E-state index contributed by atoms with van der Waals surface area (Å²) in [7, 11) is 0. The van der Waals surface area contributed by atoms with Gasteiger partial charge in [-0.3, -0.25) is 9.69 Å². The molecule has 2 N–H and O–H groups in total. The zero-order valence-electron chi connectivity index (χ0n) is 14.2. The molecular formula is C18H27FN2O3. The van der Waals surface area contributed by atoms with Gasteiger partial charge >= 0.3 is 0 Å². The van der Waals surface area contributed by atoms with E-state index in [1.165, 1.54) is 37.1 Å². The van der Waals surface area contributed by atoms with Gasteiger partial charge in [0, 0.05) is 6.54 Å². The van der Waals surface area contributed by atoms with Crippen LogP contribution in [0.5, 0.6) is 5.75 Å². The minimum Gasteiger partial charge on any atom is -0.491 e. The molecular weight excluding hydrogens is 311 g/mol. The van der Waals surface area contributed by atoms with Crippen LogP contribution < -0.4 is 10.1 Å². The molecule has 6 heteroatoms. The quantitative estimate of drug-likeness (QED) is 0.798. The summed E-state index contributed by atoms with van der Waals surface area (Å²) >= 11 is 0. The van der Waals surface area contributed by atoms with Crippen molar-refractivity contribution in [1.82, 2.24) is 10.2 Å². The fraction of sp³-hybridized carbons (Fsp3) is 0.611. The standard InChI is InChI=1S/C18H27FN2O3/c1-14(21-10-4-2-3-5-11-21)18(23)20-12-16(22)13-24-17-8-6-15(19)7-9-17/h6-9,14,16,22H,2-5,10-13H2,1H3,(H,20,23). The van der Waals surface area contributed by atoms with E-state index in [9.17, 15) is 14.3 Å². The summed E-state index contributed by atoms with van der Waals surface area (Å²) in [6, 6.07) is 5.41. The van der Waals surface area contributed by atoms with Gasteiger partial charge in [-0.2, -0.15) is 0 Å². The maximum atomic E-state index is 12.8. The smallest absolute Gasteiger partial charge is 0.237 e. The van der Waals surface area contributed by atoms with Crippen molar-refractivity contribution in [3.05, 3.63) is 30.1 Å². The van der Waals surface area contributed by atoms with E-state index in [-0.39, 0.29) is 30.9 Å². The largest absolute Gasteiger partial charge is 0.491 e. The molecule has 134 valence electrons. The van der Waals surface area contributed by atoms with Crippen molar-refractivity contribution < 1.29 is 19.0 Å². The summed E-state index contributed by atoms with van der Waals surface area (Å²) in [6.07, 6.45) is 3.90. The molecule has 24 heavy (non-hydrogen) atoms. The Kier molecular flexibility index (Phi) is 7.46. The van der Waals surface area contributed by atoms with Crippen molar-refractivity contribution >= 4 is 5.91 Å². The van der Waals surface area contributed by atoms with Crippen molar-refractivity contribution in [3.8, 4) is 5.75 Å². The molecule has 0 radical (unpaired) electrons. The fourth-order valence-electron chi connectivity index (χ4n) is 2.80. The van der Waals surface area contributed by atoms with E-state index < -0.39 is 6.10 Å². The van der Waals surface area contributed by atoms with E-state index in [1.54, 1.807) is 0 Å². The molecule has 1 aromatic carbocycles. The summed E-state index contributed by atoms with van der Waals surface area (Å²) in [5.74, 6) is 0.0788. The molecule has 1 aliphatic rings. The van der Waals surface area contributed by atoms with Crippen molar-refractivity contribution in [1.29, 1.82) is 0 Å². The van der Waals surface area contributed by atoms with Crippen LogP contribution in [0.3, 0.4) is 0 Å². The first-order valence-electron chi connectivity index (χ1n) is 8.64. The first kappa shape index (κ1) is 18.7. The van der Waals surface area contributed by atoms with E-state index in [1.807, 2.05) is 6.92 Å². The summed E-state index contributed by atoms with van der Waals surface area (Å²) in [5, 5.41) is 12.7. The molecule has 2 atom stereocenters. The monoisotopic (exact) mass is 338 g/mol. The minimum atomic E-state index is -0.810. The summed E-state index contributed by atoms with van der Waals surface area (Å²) < 4.78 is 18.2. The predicted octanol–water partition coefficient (Wildman–Crippen LogP) is 1.95. The second kappa shape index (κ2) is 9.59. The lowest BCUT2D eigenvalue weighted by Crippen LogP contribution is -2.47. The second-order valence-electron chi connectivity index (χ2n) is 6.29. The van der Waals surface area contributed by atoms with Crippen LogP contribution in [0.2, 0.25) is 0 Å². The third-order valence-electron chi connectivity index (χ3n) is 4.34. The van der Waals surface area contributed by atoms with Gasteiger partial charge < -0.3 is 15.2 Å². The van der Waals surface area contributed by atoms with E-state index >= 15 is 0 Å². The molecule has 2 unspecified atom stereocenters. The van der Waals surface area contributed by atoms with Crippen molar-refractivity contribution in [2.24, 2.45) is 0 Å². The number of carbonyl (C=O) groups is 1. The number of likely N-dealkylation sites (tertiary alicyclic amines) is 1. The van der Waals surface area contributed by atoms with Crippen molar-refractivity contribution in [3.63, 3.8) is 0 Å². The maximum absolute atomic E-state index is 12.8. The van der Waals surface area contributed by atoms with Crippen LogP contribution in [0.4, 0.5) is 4.39 Å². The molecule has 1 fully saturated rings. The highest BCUT2D eigenvalue weighted by molar-refractivity contribution is 5.81. The van der Waals surface area contributed by atoms with E-state index in [4.69, 9.17) is 4.74 Å². The first-order chi connectivity index (χ1) is 11.6. The molecule has 1 aliphatic heterocycles. The lowest BCUT2D eigenvalue weighted by Gasteiger charge is -2.27. The van der Waals surface area contributed by atoms with Gasteiger partial charge in [0.1, 0.15) is 24.3 Å². The number of aliphatic hydroxyl groups excluding tert-OH is 1. The number of hydrogen-bond donors (Lipinski definition) is 2. The zero-order chi connectivity index (χ0) is 17.4. The second-order valence-corrected chi connectivity index (χ2v) is 6.29. The number of aliphatic hydroxyl groups is 1. The van der Waals surface area contributed by atoms with Gasteiger partial charge in [0.05, 0.1) is 6.04 Å². The molecule has 0 aliphatic carbocycles. The molecule has 0 bridgehead atoms. The normalized spacial score (nSPS) is 18.5. The molecule has 1 amide bonds. The third-order valence-corrected chi connectivity index (χ3v) is 4.34. The van der Waals surface area contributed by atoms with Crippen LogP contribution in [-0.4, -0.2) is 54.3 Å². The topological polar surface area (TPSA) is 61.8 Å². The van der Waals surface area contributed by atoms with Crippen LogP contribution in [0, 0.1) is 5.82 Å². The molecule has 0 spiro atoms. The average Bonchev–Trinajstić information content (AvgIpc) is 2.87. The number of benzene rings is 1. The number of carbonyl (C=O) groups excluding carboxylic acids is 1. The van der Waals surface area contributed by atoms with E-state index in [0.717, 1.165) is 25.9 Å². The Bertz CT molecular complexity index is 501. The van der Waals surface area contributed by atoms with Crippen LogP contribution in [0.1, 0.15) is 32.6 Å². The Balaban J connectivity index is 1.69. The fourth-order valence-corrected chi connectivity index (χ4v) is 2.80. The molecule has 2 rings (SSSR count). The van der Waals surface area contributed by atoms with Gasteiger partial charge in [-0.15, -0.1) is 0 Å². The Labute approximate surface area is 142 Å². The summed E-state index contributed by atoms with van der Waals surface area (Å²) in [4.78, 5) is 14.4. The third kappa shape index (κ3) is 6.09. The first-order valence-corrected chi connectivity index (χ1v) is 8.64. The van der Waals surface area contributed by atoms with E-state index in [0.29, 0.717) is 5.75 Å². The number of ether oxygens (including phenoxy) is 1. The number of halogens is 1. The summed E-state index contributed by atoms with van der Waals surface area (Å²) in [5.41, 5.74) is 0. The highest BCUT2D eigenvalue weighted by Crippen LogP contribution is 2.13. The number of nitrogens with one attached hydrogen (secondary N) is 1. The van der Waals surface area contributed by atoms with Crippen molar-refractivity contribution in [2.75, 3.05) is 26.2 Å². The molecule has 0 saturated carbocycles. The molecule has 1 aromatic rings. The molecule has 1 saturated heterocycles. The predicted molar refractivity (Wildman–Crippen MR) is 90.4 cm³/mol. The highest BCUT2D eigenvalue weighted by atomic mass is 19.1.